The van der Waals surface area contributed by atoms with E-state index >= 15 is 0 Å². The van der Waals surface area contributed by atoms with Crippen molar-refractivity contribution in [3.05, 3.63) is 34.9 Å². The second kappa shape index (κ2) is 11.4. The Morgan fingerprint density at radius 1 is 1.13 bits per heavy atom. The number of carbonyl (C=O) groups excluding carboxylic acids is 3. The standard InChI is InChI=1S/C26H35ClN4O7/c1-15(32)30-13-19-12-29(5-6-37-19)26(36)20-8-18(11-31(20)10-16-3-2-4-17(27)7-16)28-23(33)9-21-24(34)25(35)22(14-30)38-21/h2-4,7,18-22,24-25,34-35H,5-6,8-14H2,1H3,(H,28,33)/t18-,19-,20-,21-,22+,24-,25+/m0/s1. The lowest BCUT2D eigenvalue weighted by molar-refractivity contribution is -0.146. The molecular weight excluding hydrogens is 516 g/mol. The second-order valence-corrected chi connectivity index (χ2v) is 11.1. The van der Waals surface area contributed by atoms with E-state index in [1.165, 1.54) is 11.8 Å². The molecule has 4 aliphatic rings. The van der Waals surface area contributed by atoms with Crippen LogP contribution in [0.4, 0.5) is 0 Å². The first-order valence-corrected chi connectivity index (χ1v) is 13.5. The molecule has 0 radical (unpaired) electrons. The molecule has 11 nitrogen and oxygen atoms in total. The maximum absolute atomic E-state index is 13.8. The summed E-state index contributed by atoms with van der Waals surface area (Å²) in [5, 5.41) is 24.8. The Hall–Kier alpha value is -2.28. The van der Waals surface area contributed by atoms with E-state index in [-0.39, 0.29) is 43.3 Å². The molecule has 208 valence electrons. The van der Waals surface area contributed by atoms with E-state index in [1.54, 1.807) is 11.0 Å². The number of carbonyl (C=O) groups is 3. The highest BCUT2D eigenvalue weighted by molar-refractivity contribution is 6.30. The zero-order valence-corrected chi connectivity index (χ0v) is 22.1. The maximum Gasteiger partial charge on any atom is 0.240 e. The van der Waals surface area contributed by atoms with Gasteiger partial charge in [-0.25, -0.2) is 0 Å². The molecule has 5 rings (SSSR count). The quantitative estimate of drug-likeness (QED) is 0.443. The lowest BCUT2D eigenvalue weighted by Crippen LogP contribution is -2.55. The summed E-state index contributed by atoms with van der Waals surface area (Å²) in [6.07, 6.45) is -4.34. The van der Waals surface area contributed by atoms with Gasteiger partial charge in [0.2, 0.25) is 17.7 Å². The van der Waals surface area contributed by atoms with Crippen LogP contribution in [0.3, 0.4) is 0 Å². The first-order valence-electron chi connectivity index (χ1n) is 13.1. The second-order valence-electron chi connectivity index (χ2n) is 10.7. The van der Waals surface area contributed by atoms with E-state index in [9.17, 15) is 24.6 Å². The van der Waals surface area contributed by atoms with E-state index in [4.69, 9.17) is 21.1 Å². The highest BCUT2D eigenvalue weighted by Crippen LogP contribution is 2.28. The Morgan fingerprint density at radius 2 is 1.92 bits per heavy atom. The lowest BCUT2D eigenvalue weighted by atomic mass is 10.0. The van der Waals surface area contributed by atoms with Gasteiger partial charge in [-0.2, -0.15) is 0 Å². The van der Waals surface area contributed by atoms with Crippen LogP contribution in [0.15, 0.2) is 24.3 Å². The van der Waals surface area contributed by atoms with E-state index in [0.29, 0.717) is 44.2 Å². The number of morpholine rings is 1. The molecule has 4 heterocycles. The van der Waals surface area contributed by atoms with Gasteiger partial charge in [-0.3, -0.25) is 19.3 Å². The Labute approximate surface area is 226 Å². The molecule has 4 saturated heterocycles. The maximum atomic E-state index is 13.8. The van der Waals surface area contributed by atoms with E-state index < -0.39 is 36.6 Å². The average molecular weight is 551 g/mol. The Balaban J connectivity index is 1.41. The van der Waals surface area contributed by atoms with E-state index in [0.717, 1.165) is 5.56 Å². The summed E-state index contributed by atoms with van der Waals surface area (Å²) in [6.45, 7) is 3.73. The van der Waals surface area contributed by atoms with Crippen LogP contribution in [0, 0.1) is 0 Å². The van der Waals surface area contributed by atoms with E-state index in [2.05, 4.69) is 10.2 Å². The van der Waals surface area contributed by atoms with Crippen LogP contribution in [-0.4, -0.2) is 125 Å². The molecular formula is C26H35ClN4O7. The minimum Gasteiger partial charge on any atom is -0.388 e. The van der Waals surface area contributed by atoms with Crippen LogP contribution in [0.5, 0.6) is 0 Å². The zero-order valence-electron chi connectivity index (χ0n) is 21.4. The highest BCUT2D eigenvalue weighted by atomic mass is 35.5. The number of benzene rings is 1. The summed E-state index contributed by atoms with van der Waals surface area (Å²) < 4.78 is 11.8. The predicted molar refractivity (Wildman–Crippen MR) is 136 cm³/mol. The third-order valence-electron chi connectivity index (χ3n) is 7.90. The summed E-state index contributed by atoms with van der Waals surface area (Å²) in [5.41, 5.74) is 0.965. The number of amides is 3. The number of rotatable bonds is 2. The third kappa shape index (κ3) is 5.98. The van der Waals surface area contributed by atoms with Crippen molar-refractivity contribution in [1.29, 1.82) is 0 Å². The van der Waals surface area contributed by atoms with Crippen LogP contribution in [0.2, 0.25) is 5.02 Å². The van der Waals surface area contributed by atoms with Crippen molar-refractivity contribution in [2.75, 3.05) is 39.3 Å². The van der Waals surface area contributed by atoms with Gasteiger partial charge in [0.25, 0.3) is 0 Å². The van der Waals surface area contributed by atoms with Crippen molar-refractivity contribution < 1.29 is 34.1 Å². The molecule has 1 aromatic rings. The number of likely N-dealkylation sites (tertiary alicyclic amines) is 1. The molecule has 0 saturated carbocycles. The summed E-state index contributed by atoms with van der Waals surface area (Å²) in [6, 6.07) is 6.77. The van der Waals surface area contributed by atoms with Gasteiger partial charge in [-0.15, -0.1) is 0 Å². The molecule has 3 N–H and O–H groups in total. The molecule has 38 heavy (non-hydrogen) atoms. The minimum absolute atomic E-state index is 0.0345. The van der Waals surface area contributed by atoms with Crippen molar-refractivity contribution in [2.24, 2.45) is 0 Å². The summed E-state index contributed by atoms with van der Waals surface area (Å²) >= 11 is 6.19. The monoisotopic (exact) mass is 550 g/mol. The molecule has 0 aliphatic carbocycles. The first kappa shape index (κ1) is 27.3. The number of fused-ring (bicyclic) bond motifs is 6. The van der Waals surface area contributed by atoms with Crippen molar-refractivity contribution in [3.8, 4) is 0 Å². The number of ether oxygens (including phenoxy) is 2. The number of aliphatic hydroxyl groups excluding tert-OH is 2. The van der Waals surface area contributed by atoms with Crippen LogP contribution >= 0.6 is 11.6 Å². The molecule has 12 heteroatoms. The highest BCUT2D eigenvalue weighted by Gasteiger charge is 2.46. The summed E-state index contributed by atoms with van der Waals surface area (Å²) in [5.74, 6) is -0.603. The topological polar surface area (TPSA) is 132 Å². The number of hydrogen-bond acceptors (Lipinski definition) is 8. The summed E-state index contributed by atoms with van der Waals surface area (Å²) in [4.78, 5) is 44.5. The zero-order chi connectivity index (χ0) is 27.0. The molecule has 4 fully saturated rings. The fraction of sp³-hybridized carbons (Fsp3) is 0.654. The fourth-order valence-electron chi connectivity index (χ4n) is 5.96. The fourth-order valence-corrected chi connectivity index (χ4v) is 6.17. The number of nitrogens with zero attached hydrogens (tertiary/aromatic N) is 3. The lowest BCUT2D eigenvalue weighted by Gasteiger charge is -2.38. The average Bonchev–Trinajstić information content (AvgIpc) is 3.38. The van der Waals surface area contributed by atoms with Gasteiger partial charge in [0.05, 0.1) is 31.3 Å². The molecule has 3 amide bonds. The largest absolute Gasteiger partial charge is 0.388 e. The summed E-state index contributed by atoms with van der Waals surface area (Å²) in [7, 11) is 0. The number of halogens is 1. The van der Waals surface area contributed by atoms with Crippen molar-refractivity contribution in [1.82, 2.24) is 20.0 Å². The number of nitrogens with one attached hydrogen (secondary N) is 1. The number of aliphatic hydroxyl groups is 2. The van der Waals surface area contributed by atoms with Gasteiger partial charge >= 0.3 is 0 Å². The van der Waals surface area contributed by atoms with Crippen molar-refractivity contribution in [2.45, 2.75) is 68.9 Å². The molecule has 0 aromatic heterocycles. The Morgan fingerprint density at radius 3 is 2.68 bits per heavy atom. The molecule has 0 unspecified atom stereocenters. The smallest absolute Gasteiger partial charge is 0.240 e. The Bertz CT molecular complexity index is 1060. The molecule has 0 spiro atoms. The van der Waals surface area contributed by atoms with Crippen molar-refractivity contribution in [3.63, 3.8) is 0 Å². The molecule has 6 bridgehead atoms. The van der Waals surface area contributed by atoms with Crippen LogP contribution < -0.4 is 5.32 Å². The predicted octanol–water partition coefficient (Wildman–Crippen LogP) is -0.632. The van der Waals surface area contributed by atoms with E-state index in [1.807, 2.05) is 18.2 Å². The Kier molecular flexibility index (Phi) is 8.22. The van der Waals surface area contributed by atoms with Gasteiger partial charge in [-0.1, -0.05) is 23.7 Å². The molecule has 4 aliphatic heterocycles. The first-order chi connectivity index (χ1) is 18.2. The minimum atomic E-state index is -1.26. The molecule has 1 aromatic carbocycles. The van der Waals surface area contributed by atoms with Gasteiger partial charge in [0.1, 0.15) is 18.3 Å². The molecule has 7 atom stereocenters. The van der Waals surface area contributed by atoms with Crippen LogP contribution in [0.1, 0.15) is 25.3 Å². The third-order valence-corrected chi connectivity index (χ3v) is 8.13. The number of hydrogen-bond donors (Lipinski definition) is 3. The van der Waals surface area contributed by atoms with Gasteiger partial charge in [0, 0.05) is 57.3 Å². The van der Waals surface area contributed by atoms with Gasteiger partial charge in [0.15, 0.2) is 0 Å². The van der Waals surface area contributed by atoms with Gasteiger partial charge in [-0.05, 0) is 24.1 Å². The van der Waals surface area contributed by atoms with Crippen LogP contribution in [-0.2, 0) is 30.4 Å². The van der Waals surface area contributed by atoms with Crippen molar-refractivity contribution >= 4 is 29.3 Å². The SMILES string of the molecule is CC(=O)N1C[C@@H]2CN(CCO2)C(=O)[C@@H]2C[C@@H](CN2Cc2cccc(Cl)c2)NC(=O)C[C@@H]2O[C@H](C1)[C@@H](O)[C@H]2O. The van der Waals surface area contributed by atoms with Gasteiger partial charge < -0.3 is 34.8 Å². The normalized spacial score (nSPS) is 34.9. The van der Waals surface area contributed by atoms with Crippen LogP contribution in [0.25, 0.3) is 0 Å².